The van der Waals surface area contributed by atoms with Gasteiger partial charge >= 0.3 is 0 Å². The number of aryl methyl sites for hydroxylation is 1. The molecule has 0 spiro atoms. The third kappa shape index (κ3) is 5.01. The van der Waals surface area contributed by atoms with Gasteiger partial charge in [0.25, 0.3) is 0 Å². The Balaban J connectivity index is 1.20. The number of rotatable bonds is 6. The summed E-state index contributed by atoms with van der Waals surface area (Å²) in [4.78, 5) is 15.0. The fraction of sp³-hybridized carbons (Fsp3) is 0.423. The maximum absolute atomic E-state index is 12.8. The van der Waals surface area contributed by atoms with Gasteiger partial charge in [-0.25, -0.2) is 8.42 Å². The molecular weight excluding hydrogens is 464 g/mol. The zero-order valence-electron chi connectivity index (χ0n) is 19.9. The molecule has 0 saturated carbocycles. The summed E-state index contributed by atoms with van der Waals surface area (Å²) in [5.74, 6) is 1.20. The highest BCUT2D eigenvalue weighted by Gasteiger charge is 2.29. The average Bonchev–Trinajstić information content (AvgIpc) is 3.59. The highest BCUT2D eigenvalue weighted by molar-refractivity contribution is 7.89. The zero-order valence-corrected chi connectivity index (χ0v) is 20.7. The Morgan fingerprint density at radius 1 is 0.971 bits per heavy atom. The molecule has 8 nitrogen and oxygen atoms in total. The topological polar surface area (TPSA) is 96.6 Å². The van der Waals surface area contributed by atoms with E-state index in [-0.39, 0.29) is 16.7 Å². The summed E-state index contributed by atoms with van der Waals surface area (Å²) >= 11 is 0. The van der Waals surface area contributed by atoms with Crippen molar-refractivity contribution in [1.29, 1.82) is 0 Å². The Morgan fingerprint density at radius 3 is 2.34 bits per heavy atom. The molecule has 9 heteroatoms. The maximum Gasteiger partial charge on any atom is 0.247 e. The van der Waals surface area contributed by atoms with Gasteiger partial charge in [-0.05, 0) is 68.0 Å². The predicted molar refractivity (Wildman–Crippen MR) is 131 cm³/mol. The normalized spacial score (nSPS) is 17.7. The zero-order chi connectivity index (χ0) is 24.4. The number of likely N-dealkylation sites (tertiary alicyclic amines) is 1. The van der Waals surface area contributed by atoms with Gasteiger partial charge in [-0.3, -0.25) is 4.79 Å². The molecule has 0 N–H and O–H groups in total. The number of amides is 1. The fourth-order valence-electron chi connectivity index (χ4n) is 4.82. The van der Waals surface area contributed by atoms with Crippen LogP contribution in [-0.2, 0) is 21.2 Å². The first kappa shape index (κ1) is 23.7. The van der Waals surface area contributed by atoms with Gasteiger partial charge in [-0.1, -0.05) is 24.3 Å². The van der Waals surface area contributed by atoms with E-state index in [0.29, 0.717) is 49.9 Å². The van der Waals surface area contributed by atoms with Crippen LogP contribution in [0.2, 0.25) is 0 Å². The van der Waals surface area contributed by atoms with Crippen LogP contribution < -0.4 is 0 Å². The molecule has 1 aromatic heterocycles. The lowest BCUT2D eigenvalue weighted by atomic mass is 9.96. The van der Waals surface area contributed by atoms with Crippen molar-refractivity contribution < 1.29 is 17.6 Å². The second-order valence-electron chi connectivity index (χ2n) is 9.34. The predicted octanol–water partition coefficient (Wildman–Crippen LogP) is 3.78. The Morgan fingerprint density at radius 2 is 1.66 bits per heavy atom. The van der Waals surface area contributed by atoms with Crippen molar-refractivity contribution in [2.45, 2.75) is 49.8 Å². The van der Waals surface area contributed by atoms with E-state index >= 15 is 0 Å². The number of piperidine rings is 1. The smallest absolute Gasteiger partial charge is 0.247 e. The molecule has 0 radical (unpaired) electrons. The van der Waals surface area contributed by atoms with Gasteiger partial charge in [0.2, 0.25) is 27.7 Å². The van der Waals surface area contributed by atoms with Gasteiger partial charge in [0, 0.05) is 37.7 Å². The minimum atomic E-state index is -3.45. The molecule has 3 aromatic rings. The summed E-state index contributed by atoms with van der Waals surface area (Å²) in [7, 11) is -3.45. The number of nitrogens with zero attached hydrogens (tertiary/aromatic N) is 4. The van der Waals surface area contributed by atoms with E-state index < -0.39 is 10.0 Å². The summed E-state index contributed by atoms with van der Waals surface area (Å²) in [5, 5.41) is 8.45. The second kappa shape index (κ2) is 9.91. The van der Waals surface area contributed by atoms with Crippen LogP contribution in [0.1, 0.15) is 48.6 Å². The van der Waals surface area contributed by atoms with E-state index in [1.54, 1.807) is 24.3 Å². The molecular formula is C26H30N4O4S. The number of hydrogen-bond donors (Lipinski definition) is 0. The SMILES string of the molecule is Cc1ccccc1CC(=O)N1CCC(c2nnc(-c3ccc(S(=O)(=O)N4CCCC4)cc3)o2)CC1. The van der Waals surface area contributed by atoms with Gasteiger partial charge in [-0.2, -0.15) is 4.31 Å². The van der Waals surface area contributed by atoms with Crippen LogP contribution in [0, 0.1) is 6.92 Å². The van der Waals surface area contributed by atoms with Crippen LogP contribution in [0.3, 0.4) is 0 Å². The lowest BCUT2D eigenvalue weighted by Gasteiger charge is -2.30. The first-order valence-corrected chi connectivity index (χ1v) is 13.6. The molecule has 2 aliphatic heterocycles. The third-order valence-corrected chi connectivity index (χ3v) is 8.96. The number of aromatic nitrogens is 2. The summed E-state index contributed by atoms with van der Waals surface area (Å²) in [6.45, 7) is 4.51. The molecule has 3 heterocycles. The standard InChI is InChI=1S/C26H30N4O4S/c1-19-6-2-3-7-22(19)18-24(31)29-16-12-21(13-17-29)26-28-27-25(34-26)20-8-10-23(11-9-20)35(32,33)30-14-4-5-15-30/h2-3,6-11,21H,4-5,12-18H2,1H3. The third-order valence-electron chi connectivity index (χ3n) is 7.04. The minimum absolute atomic E-state index is 0.105. The van der Waals surface area contributed by atoms with Gasteiger partial charge in [0.1, 0.15) is 0 Å². The van der Waals surface area contributed by atoms with Gasteiger partial charge in [0.05, 0.1) is 11.3 Å². The Bertz CT molecular complexity index is 1290. The van der Waals surface area contributed by atoms with Crippen molar-refractivity contribution in [2.24, 2.45) is 0 Å². The summed E-state index contributed by atoms with van der Waals surface area (Å²) in [6.07, 6.45) is 3.78. The molecule has 2 aliphatic rings. The van der Waals surface area contributed by atoms with Crippen LogP contribution in [0.5, 0.6) is 0 Å². The molecule has 35 heavy (non-hydrogen) atoms. The monoisotopic (exact) mass is 494 g/mol. The quantitative estimate of drug-likeness (QED) is 0.517. The largest absolute Gasteiger partial charge is 0.420 e. The van der Waals surface area contributed by atoms with E-state index in [0.717, 1.165) is 36.8 Å². The average molecular weight is 495 g/mol. The number of carbonyl (C=O) groups is 1. The van der Waals surface area contributed by atoms with Crippen LogP contribution in [0.4, 0.5) is 0 Å². The second-order valence-corrected chi connectivity index (χ2v) is 11.3. The number of sulfonamides is 1. The van der Waals surface area contributed by atoms with Crippen LogP contribution in [-0.4, -0.2) is 59.9 Å². The van der Waals surface area contributed by atoms with Gasteiger partial charge in [0.15, 0.2) is 0 Å². The van der Waals surface area contributed by atoms with Gasteiger partial charge in [-0.15, -0.1) is 10.2 Å². The molecule has 2 saturated heterocycles. The molecule has 0 unspecified atom stereocenters. The highest BCUT2D eigenvalue weighted by atomic mass is 32.2. The fourth-order valence-corrected chi connectivity index (χ4v) is 6.34. The van der Waals surface area contributed by atoms with Gasteiger partial charge < -0.3 is 9.32 Å². The summed E-state index contributed by atoms with van der Waals surface area (Å²) in [6, 6.07) is 14.6. The Hall–Kier alpha value is -3.04. The number of benzene rings is 2. The van der Waals surface area contributed by atoms with Crippen molar-refractivity contribution in [1.82, 2.24) is 19.4 Å². The number of hydrogen-bond acceptors (Lipinski definition) is 6. The van der Waals surface area contributed by atoms with Crippen LogP contribution >= 0.6 is 0 Å². The Kier molecular flexibility index (Phi) is 6.71. The molecule has 2 fully saturated rings. The maximum atomic E-state index is 12.8. The van der Waals surface area contributed by atoms with E-state index in [4.69, 9.17) is 4.42 Å². The van der Waals surface area contributed by atoms with E-state index in [9.17, 15) is 13.2 Å². The van der Waals surface area contributed by atoms with E-state index in [1.165, 1.54) is 4.31 Å². The van der Waals surface area contributed by atoms with E-state index in [1.807, 2.05) is 36.1 Å². The highest BCUT2D eigenvalue weighted by Crippen LogP contribution is 2.30. The van der Waals surface area contributed by atoms with Crippen molar-refractivity contribution in [3.8, 4) is 11.5 Å². The van der Waals surface area contributed by atoms with E-state index in [2.05, 4.69) is 10.2 Å². The molecule has 0 atom stereocenters. The van der Waals surface area contributed by atoms with Crippen molar-refractivity contribution in [3.63, 3.8) is 0 Å². The van der Waals surface area contributed by atoms with Crippen molar-refractivity contribution in [2.75, 3.05) is 26.2 Å². The number of carbonyl (C=O) groups excluding carboxylic acids is 1. The lowest BCUT2D eigenvalue weighted by Crippen LogP contribution is -2.38. The molecule has 0 bridgehead atoms. The van der Waals surface area contributed by atoms with Crippen LogP contribution in [0.15, 0.2) is 57.8 Å². The lowest BCUT2D eigenvalue weighted by molar-refractivity contribution is -0.131. The summed E-state index contributed by atoms with van der Waals surface area (Å²) < 4.78 is 33.0. The molecule has 2 aromatic carbocycles. The molecule has 1 amide bonds. The molecule has 184 valence electrons. The first-order valence-electron chi connectivity index (χ1n) is 12.2. The van der Waals surface area contributed by atoms with Crippen LogP contribution in [0.25, 0.3) is 11.5 Å². The van der Waals surface area contributed by atoms with Crippen molar-refractivity contribution >= 4 is 15.9 Å². The molecule has 0 aliphatic carbocycles. The van der Waals surface area contributed by atoms with Crippen molar-refractivity contribution in [3.05, 3.63) is 65.5 Å². The molecule has 5 rings (SSSR count). The first-order chi connectivity index (χ1) is 16.9. The summed E-state index contributed by atoms with van der Waals surface area (Å²) in [5.41, 5.74) is 2.89. The Labute approximate surface area is 206 Å². The minimum Gasteiger partial charge on any atom is -0.420 e.